The molecule has 4 nitrogen and oxygen atoms in total. The molecule has 0 saturated heterocycles. The van der Waals surface area contributed by atoms with Crippen molar-refractivity contribution in [3.05, 3.63) is 64.7 Å². The summed E-state index contributed by atoms with van der Waals surface area (Å²) in [6, 6.07) is 12.0. The number of rotatable bonds is 5. The molecular formula is C22H24F3N3O. The number of hydrogen-bond acceptors (Lipinski definition) is 3. The van der Waals surface area contributed by atoms with Gasteiger partial charge in [-0.15, -0.1) is 0 Å². The number of alkyl halides is 3. The molecule has 154 valence electrons. The fraction of sp³-hybridized carbons (Fsp3) is 0.364. The smallest absolute Gasteiger partial charge is 0.374 e. The van der Waals surface area contributed by atoms with Gasteiger partial charge in [0, 0.05) is 25.6 Å². The van der Waals surface area contributed by atoms with Gasteiger partial charge in [-0.05, 0) is 49.6 Å². The van der Waals surface area contributed by atoms with E-state index < -0.39 is 11.8 Å². The largest absolute Gasteiger partial charge is 0.435 e. The Morgan fingerprint density at radius 1 is 1.17 bits per heavy atom. The average molecular weight is 403 g/mol. The summed E-state index contributed by atoms with van der Waals surface area (Å²) < 4.78 is 42.8. The van der Waals surface area contributed by atoms with E-state index in [1.807, 2.05) is 18.9 Å². The van der Waals surface area contributed by atoms with Crippen LogP contribution in [0.2, 0.25) is 0 Å². The molecule has 0 fully saturated rings. The molecule has 0 bridgehead atoms. The molecule has 0 N–H and O–H groups in total. The number of hydrogen-bond donors (Lipinski definition) is 0. The van der Waals surface area contributed by atoms with Crippen LogP contribution in [0, 0.1) is 13.8 Å². The average Bonchev–Trinajstić information content (AvgIpc) is 3.15. The zero-order valence-corrected chi connectivity index (χ0v) is 16.9. The van der Waals surface area contributed by atoms with Crippen molar-refractivity contribution in [3.8, 4) is 0 Å². The molecule has 0 radical (unpaired) electrons. The van der Waals surface area contributed by atoms with Gasteiger partial charge < -0.3 is 9.74 Å². The highest BCUT2D eigenvalue weighted by Crippen LogP contribution is 2.50. The number of oxime groups is 1. The summed E-state index contributed by atoms with van der Waals surface area (Å²) in [5.41, 5.74) is 0.208. The Bertz CT molecular complexity index is 938. The lowest BCUT2D eigenvalue weighted by atomic mass is 9.83. The van der Waals surface area contributed by atoms with E-state index in [9.17, 15) is 13.2 Å². The summed E-state index contributed by atoms with van der Waals surface area (Å²) in [7, 11) is 1.88. The predicted octanol–water partition coefficient (Wildman–Crippen LogP) is 5.50. The van der Waals surface area contributed by atoms with Gasteiger partial charge in [0.05, 0.1) is 17.7 Å². The summed E-state index contributed by atoms with van der Waals surface area (Å²) in [6.07, 6.45) is -3.33. The maximum Gasteiger partial charge on any atom is 0.435 e. The Morgan fingerprint density at radius 3 is 2.48 bits per heavy atom. The molecule has 1 aliphatic rings. The van der Waals surface area contributed by atoms with E-state index in [1.54, 1.807) is 56.6 Å². The fourth-order valence-electron chi connectivity index (χ4n) is 3.29. The lowest BCUT2D eigenvalue weighted by Gasteiger charge is -2.31. The summed E-state index contributed by atoms with van der Waals surface area (Å²) in [4.78, 5) is 11.5. The first-order valence-corrected chi connectivity index (χ1v) is 9.41. The van der Waals surface area contributed by atoms with Crippen LogP contribution in [-0.2, 0) is 10.4 Å². The van der Waals surface area contributed by atoms with E-state index in [0.717, 1.165) is 6.54 Å². The quantitative estimate of drug-likeness (QED) is 0.489. The second-order valence-electron chi connectivity index (χ2n) is 7.27. The second-order valence-corrected chi connectivity index (χ2v) is 7.27. The van der Waals surface area contributed by atoms with Crippen molar-refractivity contribution < 1.29 is 18.0 Å². The fourth-order valence-corrected chi connectivity index (χ4v) is 3.29. The predicted molar refractivity (Wildman–Crippen MR) is 109 cm³/mol. The van der Waals surface area contributed by atoms with E-state index in [1.165, 1.54) is 6.07 Å². The monoisotopic (exact) mass is 403 g/mol. The van der Waals surface area contributed by atoms with E-state index in [4.69, 9.17) is 4.84 Å². The van der Waals surface area contributed by atoms with Crippen molar-refractivity contribution >= 4 is 17.7 Å². The lowest BCUT2D eigenvalue weighted by molar-refractivity contribution is -0.276. The molecule has 0 saturated carbocycles. The minimum Gasteiger partial charge on any atom is -0.374 e. The highest BCUT2D eigenvalue weighted by molar-refractivity contribution is 6.01. The molecule has 0 amide bonds. The third-order valence-electron chi connectivity index (χ3n) is 5.16. The minimum absolute atomic E-state index is 0.0694. The molecule has 29 heavy (non-hydrogen) atoms. The van der Waals surface area contributed by atoms with Gasteiger partial charge in [-0.1, -0.05) is 35.5 Å². The van der Waals surface area contributed by atoms with Gasteiger partial charge in [-0.2, -0.15) is 13.2 Å². The molecule has 1 heterocycles. The van der Waals surface area contributed by atoms with Crippen molar-refractivity contribution in [1.82, 2.24) is 4.90 Å². The number of nitrogens with zero attached hydrogens (tertiary/aromatic N) is 3. The first-order valence-electron chi connectivity index (χ1n) is 9.41. The molecule has 2 aromatic rings. The normalized spacial score (nSPS) is 19.3. The van der Waals surface area contributed by atoms with Gasteiger partial charge >= 0.3 is 6.18 Å². The van der Waals surface area contributed by atoms with E-state index >= 15 is 0 Å². The van der Waals surface area contributed by atoms with Gasteiger partial charge in [0.25, 0.3) is 5.60 Å². The number of aliphatic imine (C=N–C) groups is 1. The molecule has 1 unspecified atom stereocenters. The molecular weight excluding hydrogens is 379 g/mol. The molecule has 0 aliphatic carbocycles. The molecule has 0 aromatic heterocycles. The third-order valence-corrected chi connectivity index (χ3v) is 5.16. The van der Waals surface area contributed by atoms with Gasteiger partial charge in [-0.25, -0.2) is 4.99 Å². The van der Waals surface area contributed by atoms with E-state index in [0.29, 0.717) is 22.4 Å². The molecule has 2 aromatic carbocycles. The van der Waals surface area contributed by atoms with Crippen molar-refractivity contribution in [3.63, 3.8) is 0 Å². The summed E-state index contributed by atoms with van der Waals surface area (Å²) >= 11 is 0. The molecule has 0 spiro atoms. The van der Waals surface area contributed by atoms with Gasteiger partial charge in [-0.3, -0.25) is 0 Å². The van der Waals surface area contributed by atoms with Crippen LogP contribution in [0.3, 0.4) is 0 Å². The number of halogens is 3. The molecule has 1 aliphatic heterocycles. The van der Waals surface area contributed by atoms with Gasteiger partial charge in [0.15, 0.2) is 0 Å². The summed E-state index contributed by atoms with van der Waals surface area (Å²) in [5.74, 6) is 0. The molecule has 7 heteroatoms. The molecule has 1 atom stereocenters. The topological polar surface area (TPSA) is 37.2 Å². The summed E-state index contributed by atoms with van der Waals surface area (Å²) in [5, 5.41) is 3.83. The second kappa shape index (κ2) is 7.89. The minimum atomic E-state index is -4.63. The Balaban J connectivity index is 2.02. The van der Waals surface area contributed by atoms with Crippen LogP contribution in [0.4, 0.5) is 18.9 Å². The van der Waals surface area contributed by atoms with Crippen molar-refractivity contribution in [2.45, 2.75) is 39.0 Å². The Labute approximate surface area is 168 Å². The highest BCUT2D eigenvalue weighted by atomic mass is 19.4. The van der Waals surface area contributed by atoms with Gasteiger partial charge in [0.1, 0.15) is 0 Å². The Hall–Kier alpha value is -2.83. The Kier molecular flexibility index (Phi) is 5.68. The summed E-state index contributed by atoms with van der Waals surface area (Å²) in [6.45, 7) is 6.17. The van der Waals surface area contributed by atoms with Crippen LogP contribution in [0.1, 0.15) is 35.6 Å². The van der Waals surface area contributed by atoms with Crippen LogP contribution in [0.15, 0.2) is 52.6 Å². The van der Waals surface area contributed by atoms with Crippen LogP contribution in [0.5, 0.6) is 0 Å². The van der Waals surface area contributed by atoms with Crippen LogP contribution in [0.25, 0.3) is 0 Å². The standard InChI is InChI=1S/C22H24F3N3O/c1-5-28(4)14-26-19-12-15(2)18(11-16(19)3)21(22(23,24)25)13-20(27-29-21)17-9-7-6-8-10-17/h6-12,14H,5,13H2,1-4H3/b26-14-. The first-order chi connectivity index (χ1) is 13.7. The first kappa shape index (κ1) is 20.9. The maximum atomic E-state index is 14.3. The van der Waals surface area contributed by atoms with Crippen LogP contribution >= 0.6 is 0 Å². The van der Waals surface area contributed by atoms with Crippen molar-refractivity contribution in [2.75, 3.05) is 13.6 Å². The maximum absolute atomic E-state index is 14.3. The number of benzene rings is 2. The molecule has 3 rings (SSSR count). The highest BCUT2D eigenvalue weighted by Gasteiger charge is 2.62. The SMILES string of the molecule is CCN(C)/C=N\c1cc(C)c(C2(C(F)(F)F)CC(c3ccccc3)=NO2)cc1C. The van der Waals surface area contributed by atoms with Crippen LogP contribution in [-0.4, -0.2) is 36.7 Å². The van der Waals surface area contributed by atoms with Crippen molar-refractivity contribution in [2.24, 2.45) is 10.1 Å². The Morgan fingerprint density at radius 2 is 1.86 bits per heavy atom. The van der Waals surface area contributed by atoms with Crippen molar-refractivity contribution in [1.29, 1.82) is 0 Å². The zero-order chi connectivity index (χ0) is 21.2. The third kappa shape index (κ3) is 3.99. The van der Waals surface area contributed by atoms with Gasteiger partial charge in [0.2, 0.25) is 0 Å². The van der Waals surface area contributed by atoms with E-state index in [-0.39, 0.29) is 17.7 Å². The lowest BCUT2D eigenvalue weighted by Crippen LogP contribution is -2.43. The van der Waals surface area contributed by atoms with E-state index in [2.05, 4.69) is 10.1 Å². The zero-order valence-electron chi connectivity index (χ0n) is 16.9. The number of aryl methyl sites for hydroxylation is 2. The van der Waals surface area contributed by atoms with Crippen LogP contribution < -0.4 is 0 Å².